The molecule has 1 amide bonds. The number of carbonyl (C=O) groups excluding carboxylic acids is 1. The van der Waals surface area contributed by atoms with E-state index in [2.05, 4.69) is 24.5 Å². The van der Waals surface area contributed by atoms with Gasteiger partial charge >= 0.3 is 0 Å². The monoisotopic (exact) mass is 248 g/mol. The number of carbonyl (C=O) groups is 1. The molecule has 0 aliphatic rings. The fraction of sp³-hybridized carbons (Fsp3) is 0.533. The van der Waals surface area contributed by atoms with Crippen LogP contribution in [0.5, 0.6) is 0 Å². The van der Waals surface area contributed by atoms with Crippen molar-refractivity contribution >= 4 is 11.6 Å². The molecule has 2 N–H and O–H groups in total. The highest BCUT2D eigenvalue weighted by molar-refractivity contribution is 5.95. The third-order valence-electron chi connectivity index (χ3n) is 2.71. The lowest BCUT2D eigenvalue weighted by molar-refractivity contribution is 0.0953. The van der Waals surface area contributed by atoms with E-state index in [1.807, 2.05) is 31.2 Å². The fourth-order valence-electron chi connectivity index (χ4n) is 1.62. The summed E-state index contributed by atoms with van der Waals surface area (Å²) in [6.45, 7) is 8.12. The lowest BCUT2D eigenvalue weighted by Crippen LogP contribution is -2.24. The van der Waals surface area contributed by atoms with Gasteiger partial charge in [0, 0.05) is 24.3 Å². The Kier molecular flexibility index (Phi) is 6.26. The van der Waals surface area contributed by atoms with Crippen LogP contribution in [-0.4, -0.2) is 19.0 Å². The minimum Gasteiger partial charge on any atom is -0.385 e. The topological polar surface area (TPSA) is 41.1 Å². The maximum atomic E-state index is 11.8. The predicted octanol–water partition coefficient (Wildman–Crippen LogP) is 3.28. The van der Waals surface area contributed by atoms with Gasteiger partial charge in [0.25, 0.3) is 5.91 Å². The molecule has 0 saturated heterocycles. The number of hydrogen-bond acceptors (Lipinski definition) is 2. The second kappa shape index (κ2) is 7.75. The van der Waals surface area contributed by atoms with Gasteiger partial charge in [-0.2, -0.15) is 0 Å². The van der Waals surface area contributed by atoms with Crippen molar-refractivity contribution in [2.45, 2.75) is 33.6 Å². The van der Waals surface area contributed by atoms with Gasteiger partial charge in [0.2, 0.25) is 0 Å². The fourth-order valence-corrected chi connectivity index (χ4v) is 1.62. The van der Waals surface area contributed by atoms with Gasteiger partial charge in [-0.1, -0.05) is 26.8 Å². The minimum atomic E-state index is 0.00404. The summed E-state index contributed by atoms with van der Waals surface area (Å²) in [4.78, 5) is 11.8. The quantitative estimate of drug-likeness (QED) is 0.777. The van der Waals surface area contributed by atoms with Crippen LogP contribution in [0.4, 0.5) is 5.69 Å². The molecule has 0 spiro atoms. The lowest BCUT2D eigenvalue weighted by atomic mass is 10.1. The Hall–Kier alpha value is -1.51. The number of nitrogens with one attached hydrogen (secondary N) is 2. The van der Waals surface area contributed by atoms with Crippen molar-refractivity contribution in [2.75, 3.05) is 18.4 Å². The van der Waals surface area contributed by atoms with E-state index in [0.29, 0.717) is 5.92 Å². The molecular weight excluding hydrogens is 224 g/mol. The zero-order valence-electron chi connectivity index (χ0n) is 11.6. The van der Waals surface area contributed by atoms with E-state index in [4.69, 9.17) is 0 Å². The van der Waals surface area contributed by atoms with Crippen molar-refractivity contribution in [1.82, 2.24) is 5.32 Å². The van der Waals surface area contributed by atoms with E-state index in [1.54, 1.807) is 0 Å². The van der Waals surface area contributed by atoms with Crippen LogP contribution in [0.15, 0.2) is 24.3 Å². The van der Waals surface area contributed by atoms with E-state index >= 15 is 0 Å². The molecule has 0 atom stereocenters. The third kappa shape index (κ3) is 5.21. The normalized spacial score (nSPS) is 10.4. The Bertz CT molecular complexity index is 375. The van der Waals surface area contributed by atoms with Crippen LogP contribution >= 0.6 is 0 Å². The second-order valence-corrected chi connectivity index (χ2v) is 4.95. The van der Waals surface area contributed by atoms with E-state index in [-0.39, 0.29) is 5.91 Å². The van der Waals surface area contributed by atoms with Gasteiger partial charge in [-0.15, -0.1) is 0 Å². The smallest absolute Gasteiger partial charge is 0.251 e. The largest absolute Gasteiger partial charge is 0.385 e. The molecule has 0 aromatic heterocycles. The summed E-state index contributed by atoms with van der Waals surface area (Å²) >= 11 is 0. The molecule has 0 unspecified atom stereocenters. The van der Waals surface area contributed by atoms with Gasteiger partial charge in [-0.25, -0.2) is 0 Å². The van der Waals surface area contributed by atoms with Crippen LogP contribution in [0.2, 0.25) is 0 Å². The maximum absolute atomic E-state index is 11.8. The van der Waals surface area contributed by atoms with E-state index < -0.39 is 0 Å². The predicted molar refractivity (Wildman–Crippen MR) is 77.0 cm³/mol. The zero-order valence-corrected chi connectivity index (χ0v) is 11.6. The summed E-state index contributed by atoms with van der Waals surface area (Å²) in [5.74, 6) is 0.692. The van der Waals surface area contributed by atoms with E-state index in [1.165, 1.54) is 0 Å². The van der Waals surface area contributed by atoms with Crippen LogP contribution in [0.1, 0.15) is 44.0 Å². The van der Waals surface area contributed by atoms with Crippen LogP contribution in [0.25, 0.3) is 0 Å². The summed E-state index contributed by atoms with van der Waals surface area (Å²) in [5, 5.41) is 6.23. The van der Waals surface area contributed by atoms with Crippen LogP contribution < -0.4 is 10.6 Å². The Morgan fingerprint density at radius 1 is 1.28 bits per heavy atom. The first-order valence-corrected chi connectivity index (χ1v) is 6.75. The first-order valence-electron chi connectivity index (χ1n) is 6.75. The molecule has 0 saturated carbocycles. The minimum absolute atomic E-state index is 0.00404. The molecule has 0 aliphatic heterocycles. The molecule has 1 aromatic carbocycles. The van der Waals surface area contributed by atoms with Gasteiger partial charge in [0.15, 0.2) is 0 Å². The first kappa shape index (κ1) is 14.6. The maximum Gasteiger partial charge on any atom is 0.251 e. The van der Waals surface area contributed by atoms with Crippen molar-refractivity contribution in [3.05, 3.63) is 29.8 Å². The summed E-state index contributed by atoms with van der Waals surface area (Å²) in [5.41, 5.74) is 1.73. The van der Waals surface area contributed by atoms with Crippen LogP contribution in [0.3, 0.4) is 0 Å². The van der Waals surface area contributed by atoms with E-state index in [9.17, 15) is 4.79 Å². The molecule has 0 heterocycles. The van der Waals surface area contributed by atoms with Crippen molar-refractivity contribution in [3.8, 4) is 0 Å². The molecule has 0 aliphatic carbocycles. The highest BCUT2D eigenvalue weighted by Crippen LogP contribution is 2.11. The first-order chi connectivity index (χ1) is 8.63. The van der Waals surface area contributed by atoms with E-state index in [0.717, 1.165) is 37.2 Å². The molecule has 0 radical (unpaired) electrons. The highest BCUT2D eigenvalue weighted by atomic mass is 16.1. The van der Waals surface area contributed by atoms with Gasteiger partial charge < -0.3 is 10.6 Å². The molecule has 1 rings (SSSR count). The third-order valence-corrected chi connectivity index (χ3v) is 2.71. The Labute approximate surface area is 110 Å². The van der Waals surface area contributed by atoms with Gasteiger partial charge in [-0.05, 0) is 37.0 Å². The molecule has 1 aromatic rings. The molecule has 100 valence electrons. The van der Waals surface area contributed by atoms with Gasteiger partial charge in [-0.3, -0.25) is 4.79 Å². The van der Waals surface area contributed by atoms with Crippen molar-refractivity contribution in [2.24, 2.45) is 5.92 Å². The summed E-state index contributed by atoms with van der Waals surface area (Å²) in [6, 6.07) is 7.67. The number of rotatable bonds is 7. The molecule has 0 fully saturated rings. The van der Waals surface area contributed by atoms with Crippen LogP contribution in [-0.2, 0) is 0 Å². The Morgan fingerprint density at radius 3 is 2.72 bits per heavy atom. The summed E-state index contributed by atoms with van der Waals surface area (Å²) < 4.78 is 0. The van der Waals surface area contributed by atoms with Crippen molar-refractivity contribution in [1.29, 1.82) is 0 Å². The molecule has 0 bridgehead atoms. The van der Waals surface area contributed by atoms with Gasteiger partial charge in [0.05, 0.1) is 0 Å². The number of anilines is 1. The van der Waals surface area contributed by atoms with Crippen LogP contribution in [0, 0.1) is 5.92 Å². The second-order valence-electron chi connectivity index (χ2n) is 4.95. The summed E-state index contributed by atoms with van der Waals surface area (Å²) in [6.07, 6.45) is 2.09. The molecule has 18 heavy (non-hydrogen) atoms. The molecular formula is C15H24N2O. The van der Waals surface area contributed by atoms with Crippen molar-refractivity contribution < 1.29 is 4.79 Å². The highest BCUT2D eigenvalue weighted by Gasteiger charge is 2.04. The number of benzene rings is 1. The standard InChI is InChI=1S/C15H24N2O/c1-4-9-17-15(18)13-6-5-7-14(11-13)16-10-8-12(2)3/h5-7,11-12,16H,4,8-10H2,1-3H3,(H,17,18). The molecule has 3 heteroatoms. The number of amides is 1. The lowest BCUT2D eigenvalue weighted by Gasteiger charge is -2.10. The molecule has 3 nitrogen and oxygen atoms in total. The van der Waals surface area contributed by atoms with Gasteiger partial charge in [0.1, 0.15) is 0 Å². The average Bonchev–Trinajstić information content (AvgIpc) is 2.36. The number of hydrogen-bond donors (Lipinski definition) is 2. The Morgan fingerprint density at radius 2 is 2.06 bits per heavy atom. The zero-order chi connectivity index (χ0) is 13.4. The average molecular weight is 248 g/mol. The SMILES string of the molecule is CCCNC(=O)c1cccc(NCCC(C)C)c1. The van der Waals surface area contributed by atoms with Crippen molar-refractivity contribution in [3.63, 3.8) is 0 Å². The Balaban J connectivity index is 2.53. The summed E-state index contributed by atoms with van der Waals surface area (Å²) in [7, 11) is 0.